The van der Waals surface area contributed by atoms with Gasteiger partial charge in [-0.1, -0.05) is 0 Å². The topological polar surface area (TPSA) is 44.5 Å². The van der Waals surface area contributed by atoms with Gasteiger partial charge in [0.25, 0.3) is 0 Å². The van der Waals surface area contributed by atoms with Crippen LogP contribution in [0, 0.1) is 0 Å². The van der Waals surface area contributed by atoms with Crippen LogP contribution in [-0.4, -0.2) is 47.9 Å². The van der Waals surface area contributed by atoms with Crippen molar-refractivity contribution in [3.05, 3.63) is 0 Å². The molecule has 0 radical (unpaired) electrons. The van der Waals surface area contributed by atoms with E-state index in [1.54, 1.807) is 14.2 Å². The minimum atomic E-state index is -0.290. The van der Waals surface area contributed by atoms with Crippen LogP contribution in [0.4, 0.5) is 0 Å². The van der Waals surface area contributed by atoms with Gasteiger partial charge in [0.05, 0.1) is 10.2 Å². The van der Waals surface area contributed by atoms with Gasteiger partial charge in [0.1, 0.15) is 5.41 Å². The molecule has 74 valence electrons. The molecule has 2 N–H and O–H groups in total. The Bertz CT molecular complexity index is 112. The number of rotatable bonds is 7. The fourth-order valence-electron chi connectivity index (χ4n) is 0.730. The monoisotopic (exact) mass is 209 g/mol. The Kier molecular flexibility index (Phi) is 7.17. The van der Waals surface area contributed by atoms with Crippen LogP contribution in [0.5, 0.6) is 0 Å². The van der Waals surface area contributed by atoms with E-state index >= 15 is 0 Å². The molecule has 0 rings (SSSR count). The maximum Gasteiger partial charge on any atom is 0.141 e. The zero-order valence-corrected chi connectivity index (χ0v) is 10.9. The summed E-state index contributed by atoms with van der Waals surface area (Å²) in [7, 11) is 4.30. The quantitative estimate of drug-likeness (QED) is 0.345. The Morgan fingerprint density at radius 2 is 1.92 bits per heavy atom. The molecule has 0 aromatic carbocycles. The summed E-state index contributed by atoms with van der Waals surface area (Å²) < 4.78 is 10.5. The maximum atomic E-state index is 5.37. The molecule has 0 aliphatic rings. The molecular formula is C7H19NO2SSi. The lowest BCUT2D eigenvalue weighted by molar-refractivity contribution is -0.142. The molecule has 5 heteroatoms. The van der Waals surface area contributed by atoms with Crippen LogP contribution in [0.2, 0.25) is 0 Å². The molecule has 3 nitrogen and oxygen atoms in total. The van der Waals surface area contributed by atoms with E-state index in [0.717, 1.165) is 34.7 Å². The SMILES string of the molecule is COC([SiH3])(CCSCCN)OC. The normalized spacial score (nSPS) is 12.2. The van der Waals surface area contributed by atoms with Crippen LogP contribution in [0.1, 0.15) is 6.42 Å². The van der Waals surface area contributed by atoms with Gasteiger partial charge in [0.2, 0.25) is 0 Å². The number of nitrogens with two attached hydrogens (primary N) is 1. The summed E-state index contributed by atoms with van der Waals surface area (Å²) in [6, 6.07) is 0. The van der Waals surface area contributed by atoms with Gasteiger partial charge in [-0.2, -0.15) is 11.8 Å². The standard InChI is InChI=1S/C7H19NO2SSi/c1-9-7(12,10-2)3-5-11-6-4-8/h3-6,8H2,1-2,12H3. The van der Waals surface area contributed by atoms with Gasteiger partial charge in [-0.05, 0) is 5.75 Å². The van der Waals surface area contributed by atoms with Gasteiger partial charge in [-0.25, -0.2) is 0 Å². The number of thioether (sulfide) groups is 1. The summed E-state index contributed by atoms with van der Waals surface area (Å²) >= 11 is 1.85. The third-order valence-corrected chi connectivity index (χ3v) is 4.16. The zero-order valence-electron chi connectivity index (χ0n) is 8.13. The smallest absolute Gasteiger partial charge is 0.141 e. The van der Waals surface area contributed by atoms with Crippen molar-refractivity contribution in [3.63, 3.8) is 0 Å². The summed E-state index contributed by atoms with van der Waals surface area (Å²) in [5, 5.41) is 0. The predicted molar refractivity (Wildman–Crippen MR) is 57.7 cm³/mol. The van der Waals surface area contributed by atoms with Crippen molar-refractivity contribution in [2.75, 3.05) is 32.3 Å². The zero-order chi connectivity index (χ0) is 9.45. The van der Waals surface area contributed by atoms with Gasteiger partial charge in [0.15, 0.2) is 0 Å². The van der Waals surface area contributed by atoms with E-state index in [0.29, 0.717) is 0 Å². The Morgan fingerprint density at radius 1 is 1.33 bits per heavy atom. The predicted octanol–water partition coefficient (Wildman–Crippen LogP) is -0.620. The summed E-state index contributed by atoms with van der Waals surface area (Å²) in [5.41, 5.74) is 5.08. The van der Waals surface area contributed by atoms with Crippen molar-refractivity contribution >= 4 is 22.0 Å². The first-order chi connectivity index (χ1) is 5.68. The van der Waals surface area contributed by atoms with Crippen molar-refractivity contribution in [2.24, 2.45) is 5.73 Å². The van der Waals surface area contributed by atoms with E-state index in [1.807, 2.05) is 11.8 Å². The van der Waals surface area contributed by atoms with E-state index < -0.39 is 0 Å². The second-order valence-corrected chi connectivity index (χ2v) is 5.44. The van der Waals surface area contributed by atoms with Crippen LogP contribution < -0.4 is 5.73 Å². The average molecular weight is 209 g/mol. The highest BCUT2D eigenvalue weighted by molar-refractivity contribution is 7.99. The van der Waals surface area contributed by atoms with Gasteiger partial charge in [-0.15, -0.1) is 0 Å². The summed E-state index contributed by atoms with van der Waals surface area (Å²) in [6.45, 7) is 0.749. The fourth-order valence-corrected chi connectivity index (χ4v) is 2.23. The highest BCUT2D eigenvalue weighted by Crippen LogP contribution is 2.14. The highest BCUT2D eigenvalue weighted by Gasteiger charge is 2.20. The van der Waals surface area contributed by atoms with Gasteiger partial charge in [-0.3, -0.25) is 0 Å². The number of hydrogen-bond donors (Lipinski definition) is 1. The minimum Gasteiger partial charge on any atom is -0.358 e. The first kappa shape index (κ1) is 12.4. The third kappa shape index (κ3) is 5.16. The molecular weight excluding hydrogens is 190 g/mol. The van der Waals surface area contributed by atoms with Crippen LogP contribution in [0.3, 0.4) is 0 Å². The van der Waals surface area contributed by atoms with Crippen molar-refractivity contribution in [1.29, 1.82) is 0 Å². The lowest BCUT2D eigenvalue weighted by Gasteiger charge is -2.26. The molecule has 0 heterocycles. The molecule has 0 atom stereocenters. The van der Waals surface area contributed by atoms with Gasteiger partial charge >= 0.3 is 0 Å². The molecule has 0 spiro atoms. The van der Waals surface area contributed by atoms with Crippen molar-refractivity contribution in [1.82, 2.24) is 0 Å². The van der Waals surface area contributed by atoms with E-state index in [9.17, 15) is 0 Å². The molecule has 0 amide bonds. The van der Waals surface area contributed by atoms with E-state index in [-0.39, 0.29) is 5.41 Å². The Morgan fingerprint density at radius 3 is 2.33 bits per heavy atom. The summed E-state index contributed by atoms with van der Waals surface area (Å²) in [5.74, 6) is 2.08. The summed E-state index contributed by atoms with van der Waals surface area (Å²) in [4.78, 5) is 0. The van der Waals surface area contributed by atoms with Crippen LogP contribution >= 0.6 is 11.8 Å². The first-order valence-corrected chi connectivity index (χ1v) is 6.22. The molecule has 12 heavy (non-hydrogen) atoms. The van der Waals surface area contributed by atoms with Gasteiger partial charge in [0, 0.05) is 32.9 Å². The lowest BCUT2D eigenvalue weighted by Crippen LogP contribution is -2.34. The molecule has 0 saturated heterocycles. The Balaban J connectivity index is 3.45. The molecule has 0 aliphatic heterocycles. The number of methoxy groups -OCH3 is 2. The summed E-state index contributed by atoms with van der Waals surface area (Å²) in [6.07, 6.45) is 0.955. The fraction of sp³-hybridized carbons (Fsp3) is 1.00. The molecule has 0 bridgehead atoms. The lowest BCUT2D eigenvalue weighted by atomic mass is 10.4. The average Bonchev–Trinajstić information content (AvgIpc) is 2.12. The molecule has 0 aromatic heterocycles. The third-order valence-electron chi connectivity index (χ3n) is 1.83. The first-order valence-electron chi connectivity index (χ1n) is 4.06. The largest absolute Gasteiger partial charge is 0.358 e. The molecule has 0 saturated carbocycles. The van der Waals surface area contributed by atoms with Crippen LogP contribution in [-0.2, 0) is 9.47 Å². The van der Waals surface area contributed by atoms with Crippen LogP contribution in [0.15, 0.2) is 0 Å². The Labute approximate surface area is 81.8 Å². The molecule has 0 unspecified atom stereocenters. The molecule has 0 aliphatic carbocycles. The van der Waals surface area contributed by atoms with E-state index in [1.165, 1.54) is 0 Å². The van der Waals surface area contributed by atoms with Crippen LogP contribution in [0.25, 0.3) is 0 Å². The van der Waals surface area contributed by atoms with Crippen molar-refractivity contribution in [2.45, 2.75) is 11.8 Å². The number of ether oxygens (including phenoxy) is 2. The Hall–Kier alpha value is 0.447. The minimum absolute atomic E-state index is 0.290. The maximum absolute atomic E-state index is 5.37. The molecule has 0 fully saturated rings. The van der Waals surface area contributed by atoms with E-state index in [2.05, 4.69) is 0 Å². The highest BCUT2D eigenvalue weighted by atomic mass is 32.2. The van der Waals surface area contributed by atoms with Gasteiger partial charge < -0.3 is 15.2 Å². The second-order valence-electron chi connectivity index (χ2n) is 2.69. The molecule has 0 aromatic rings. The van der Waals surface area contributed by atoms with Crippen molar-refractivity contribution in [3.8, 4) is 0 Å². The van der Waals surface area contributed by atoms with Crippen molar-refractivity contribution < 1.29 is 9.47 Å². The van der Waals surface area contributed by atoms with E-state index in [4.69, 9.17) is 15.2 Å². The second kappa shape index (κ2) is 6.91. The number of hydrogen-bond acceptors (Lipinski definition) is 4.